The molecule has 2 aromatic heterocycles. The normalized spacial score (nSPS) is 12.6. The maximum atomic E-state index is 13.0. The summed E-state index contributed by atoms with van der Waals surface area (Å²) in [7, 11) is 0. The van der Waals surface area contributed by atoms with E-state index in [9.17, 15) is 8.78 Å². The molecule has 30 heavy (non-hydrogen) atoms. The Morgan fingerprint density at radius 1 is 1.03 bits per heavy atom. The van der Waals surface area contributed by atoms with Crippen molar-refractivity contribution >= 4 is 22.5 Å². The number of hydrogen-bond acceptors (Lipinski definition) is 3. The van der Waals surface area contributed by atoms with Gasteiger partial charge in [-0.2, -0.15) is 0 Å². The molecule has 0 saturated heterocycles. The largest absolute Gasteiger partial charge is 0.361 e. The fraction of sp³-hybridized carbons (Fsp3) is 0.217. The van der Waals surface area contributed by atoms with Crippen LogP contribution in [0, 0.1) is 6.92 Å². The Labute approximate surface area is 178 Å². The van der Waals surface area contributed by atoms with E-state index in [4.69, 9.17) is 11.6 Å². The van der Waals surface area contributed by atoms with E-state index in [1.54, 1.807) is 6.92 Å². The molecule has 4 nitrogen and oxygen atoms in total. The Kier molecular flexibility index (Phi) is 6.06. The van der Waals surface area contributed by atoms with Gasteiger partial charge in [-0.15, -0.1) is 0 Å². The lowest BCUT2D eigenvalue weighted by Gasteiger charge is -2.19. The average Bonchev–Trinajstić information content (AvgIpc) is 3.15. The summed E-state index contributed by atoms with van der Waals surface area (Å²) in [5.41, 5.74) is 3.47. The summed E-state index contributed by atoms with van der Waals surface area (Å²) in [5, 5.41) is 5.18. The first-order valence-corrected chi connectivity index (χ1v) is 10.0. The van der Waals surface area contributed by atoms with E-state index in [0.29, 0.717) is 29.6 Å². The topological polar surface area (TPSA) is 53.6 Å². The molecule has 154 valence electrons. The smallest absolute Gasteiger partial charge is 0.280 e. The number of alkyl halides is 2. The molecule has 2 heterocycles. The van der Waals surface area contributed by atoms with Crippen LogP contribution in [0.5, 0.6) is 0 Å². The Hall–Kier alpha value is -2.83. The second kappa shape index (κ2) is 8.90. The molecule has 4 aromatic rings. The van der Waals surface area contributed by atoms with E-state index in [2.05, 4.69) is 26.3 Å². The minimum Gasteiger partial charge on any atom is -0.361 e. The minimum atomic E-state index is -2.62. The number of hydrogen-bond donors (Lipinski definition) is 2. The summed E-state index contributed by atoms with van der Waals surface area (Å²) in [6, 6.07) is 17.2. The van der Waals surface area contributed by atoms with Crippen molar-refractivity contribution in [2.24, 2.45) is 0 Å². The Bertz CT molecular complexity index is 1160. The van der Waals surface area contributed by atoms with Crippen molar-refractivity contribution in [3.8, 4) is 0 Å². The maximum absolute atomic E-state index is 13.0. The van der Waals surface area contributed by atoms with E-state index in [-0.39, 0.29) is 11.6 Å². The third-order valence-electron chi connectivity index (χ3n) is 5.07. The molecule has 0 saturated carbocycles. The van der Waals surface area contributed by atoms with Crippen LogP contribution in [0.2, 0.25) is 5.02 Å². The standard InChI is InChI=1S/C23H21ClF2N4/c1-14-29-15(10-22(30-14)23(25)26)11-27-12-18(16-6-2-4-8-20(16)24)19-13-28-21-9-5-3-7-17(19)21/h2-10,13,18,23,27-28H,11-12H2,1H3. The molecule has 2 aromatic carbocycles. The number of nitrogens with one attached hydrogen (secondary N) is 2. The fourth-order valence-electron chi connectivity index (χ4n) is 3.73. The fourth-order valence-corrected chi connectivity index (χ4v) is 4.00. The number of rotatable bonds is 7. The average molecular weight is 427 g/mol. The van der Waals surface area contributed by atoms with Gasteiger partial charge in [-0.05, 0) is 36.2 Å². The number of aromatic nitrogens is 3. The quantitative estimate of drug-likeness (QED) is 0.394. The van der Waals surface area contributed by atoms with Crippen LogP contribution in [0.4, 0.5) is 8.78 Å². The molecule has 0 bridgehead atoms. The summed E-state index contributed by atoms with van der Waals surface area (Å²) < 4.78 is 26.1. The van der Waals surface area contributed by atoms with Crippen molar-refractivity contribution in [3.05, 3.63) is 94.2 Å². The van der Waals surface area contributed by atoms with Crippen molar-refractivity contribution in [3.63, 3.8) is 0 Å². The molecule has 0 aliphatic rings. The first-order chi connectivity index (χ1) is 14.5. The number of benzene rings is 2. The van der Waals surface area contributed by atoms with Gasteiger partial charge in [0.2, 0.25) is 0 Å². The molecule has 1 unspecified atom stereocenters. The second-order valence-electron chi connectivity index (χ2n) is 7.13. The lowest BCUT2D eigenvalue weighted by Crippen LogP contribution is -2.23. The van der Waals surface area contributed by atoms with E-state index >= 15 is 0 Å². The van der Waals surface area contributed by atoms with Gasteiger partial charge < -0.3 is 10.3 Å². The van der Waals surface area contributed by atoms with Crippen LogP contribution < -0.4 is 5.32 Å². The molecule has 2 N–H and O–H groups in total. The number of nitrogens with zero attached hydrogens (tertiary/aromatic N) is 2. The molecular formula is C23H21ClF2N4. The van der Waals surface area contributed by atoms with Gasteiger partial charge in [0.15, 0.2) is 0 Å². The highest BCUT2D eigenvalue weighted by Gasteiger charge is 2.20. The van der Waals surface area contributed by atoms with Gasteiger partial charge >= 0.3 is 0 Å². The second-order valence-corrected chi connectivity index (χ2v) is 7.53. The predicted octanol–water partition coefficient (Wildman–Crippen LogP) is 5.78. The van der Waals surface area contributed by atoms with Gasteiger partial charge in [0.1, 0.15) is 11.5 Å². The lowest BCUT2D eigenvalue weighted by atomic mass is 9.90. The van der Waals surface area contributed by atoms with Gasteiger partial charge in [0, 0.05) is 41.1 Å². The van der Waals surface area contributed by atoms with Crippen LogP contribution >= 0.6 is 11.6 Å². The molecule has 0 amide bonds. The first kappa shape index (κ1) is 20.4. The van der Waals surface area contributed by atoms with Crippen molar-refractivity contribution < 1.29 is 8.78 Å². The zero-order valence-corrected chi connectivity index (χ0v) is 17.1. The SMILES string of the molecule is Cc1nc(CNCC(c2ccccc2Cl)c2c[nH]c3ccccc23)cc(C(F)F)n1. The van der Waals surface area contributed by atoms with E-state index < -0.39 is 6.43 Å². The monoisotopic (exact) mass is 426 g/mol. The first-order valence-electron chi connectivity index (χ1n) is 9.66. The number of aromatic amines is 1. The van der Waals surface area contributed by atoms with Crippen molar-refractivity contribution in [2.75, 3.05) is 6.54 Å². The molecule has 0 aliphatic heterocycles. The van der Waals surface area contributed by atoms with E-state index in [1.807, 2.05) is 48.7 Å². The lowest BCUT2D eigenvalue weighted by molar-refractivity contribution is 0.145. The maximum Gasteiger partial charge on any atom is 0.280 e. The highest BCUT2D eigenvalue weighted by Crippen LogP contribution is 2.34. The number of aryl methyl sites for hydroxylation is 1. The van der Waals surface area contributed by atoms with Crippen LogP contribution in [-0.2, 0) is 6.54 Å². The highest BCUT2D eigenvalue weighted by molar-refractivity contribution is 6.31. The number of halogens is 3. The van der Waals surface area contributed by atoms with Gasteiger partial charge in [0.25, 0.3) is 6.43 Å². The van der Waals surface area contributed by atoms with Crippen molar-refractivity contribution in [2.45, 2.75) is 25.8 Å². The van der Waals surface area contributed by atoms with Crippen LogP contribution in [-0.4, -0.2) is 21.5 Å². The van der Waals surface area contributed by atoms with E-state index in [1.165, 1.54) is 6.07 Å². The van der Waals surface area contributed by atoms with Gasteiger partial charge in [-0.25, -0.2) is 18.7 Å². The Balaban J connectivity index is 1.61. The Morgan fingerprint density at radius 3 is 2.60 bits per heavy atom. The van der Waals surface area contributed by atoms with Gasteiger partial charge in [-0.1, -0.05) is 48.0 Å². The summed E-state index contributed by atoms with van der Waals surface area (Å²) in [6.07, 6.45) is -0.614. The molecular weight excluding hydrogens is 406 g/mol. The summed E-state index contributed by atoms with van der Waals surface area (Å²) in [5.74, 6) is 0.316. The molecule has 4 rings (SSSR count). The van der Waals surface area contributed by atoms with Gasteiger partial charge in [0.05, 0.1) is 5.69 Å². The minimum absolute atomic E-state index is 0.0210. The number of H-pyrrole nitrogens is 1. The summed E-state index contributed by atoms with van der Waals surface area (Å²) in [4.78, 5) is 11.4. The molecule has 0 fully saturated rings. The van der Waals surface area contributed by atoms with Crippen LogP contribution in [0.1, 0.15) is 40.7 Å². The Morgan fingerprint density at radius 2 is 1.80 bits per heavy atom. The zero-order valence-electron chi connectivity index (χ0n) is 16.4. The van der Waals surface area contributed by atoms with Crippen LogP contribution in [0.3, 0.4) is 0 Å². The summed E-state index contributed by atoms with van der Waals surface area (Å²) >= 11 is 6.52. The third kappa shape index (κ3) is 4.35. The van der Waals surface area contributed by atoms with Crippen LogP contribution in [0.15, 0.2) is 60.8 Å². The molecule has 0 spiro atoms. The zero-order chi connectivity index (χ0) is 21.1. The van der Waals surface area contributed by atoms with Crippen molar-refractivity contribution in [1.29, 1.82) is 0 Å². The molecule has 0 aliphatic carbocycles. The van der Waals surface area contributed by atoms with Crippen molar-refractivity contribution in [1.82, 2.24) is 20.3 Å². The molecule has 0 radical (unpaired) electrons. The number of para-hydroxylation sites is 1. The molecule has 1 atom stereocenters. The van der Waals surface area contributed by atoms with Gasteiger partial charge in [-0.3, -0.25) is 0 Å². The van der Waals surface area contributed by atoms with E-state index in [0.717, 1.165) is 22.0 Å². The predicted molar refractivity (Wildman–Crippen MR) is 115 cm³/mol. The highest BCUT2D eigenvalue weighted by atomic mass is 35.5. The summed E-state index contributed by atoms with van der Waals surface area (Å²) in [6.45, 7) is 2.54. The third-order valence-corrected chi connectivity index (χ3v) is 5.41. The molecule has 7 heteroatoms. The number of fused-ring (bicyclic) bond motifs is 1. The van der Waals surface area contributed by atoms with Crippen LogP contribution in [0.25, 0.3) is 10.9 Å².